The van der Waals surface area contributed by atoms with E-state index in [-0.39, 0.29) is 30.1 Å². The summed E-state index contributed by atoms with van der Waals surface area (Å²) in [5.74, 6) is 0.383. The molecule has 150 valence electrons. The van der Waals surface area contributed by atoms with E-state index in [1.54, 1.807) is 24.3 Å². The van der Waals surface area contributed by atoms with Gasteiger partial charge in [-0.15, -0.1) is 12.4 Å². The van der Waals surface area contributed by atoms with Crippen molar-refractivity contribution < 1.29 is 9.59 Å². The van der Waals surface area contributed by atoms with E-state index in [0.29, 0.717) is 30.7 Å². The van der Waals surface area contributed by atoms with Crippen molar-refractivity contribution in [1.82, 2.24) is 15.1 Å². The fraction of sp³-hybridized carbons (Fsp3) is 0.579. The first-order chi connectivity index (χ1) is 12.5. The number of anilines is 1. The summed E-state index contributed by atoms with van der Waals surface area (Å²) in [4.78, 5) is 28.9. The van der Waals surface area contributed by atoms with E-state index in [4.69, 9.17) is 11.6 Å². The predicted octanol–water partition coefficient (Wildman–Crippen LogP) is 2.23. The van der Waals surface area contributed by atoms with Crippen LogP contribution < -0.4 is 10.6 Å². The van der Waals surface area contributed by atoms with Crippen LogP contribution in [0.15, 0.2) is 24.3 Å². The minimum absolute atomic E-state index is 0. The molecule has 2 saturated heterocycles. The van der Waals surface area contributed by atoms with Gasteiger partial charge in [0.05, 0.1) is 6.54 Å². The van der Waals surface area contributed by atoms with E-state index in [2.05, 4.69) is 22.5 Å². The van der Waals surface area contributed by atoms with Gasteiger partial charge in [0.2, 0.25) is 11.8 Å². The summed E-state index contributed by atoms with van der Waals surface area (Å²) in [5.41, 5.74) is 0.744. The number of halogens is 2. The van der Waals surface area contributed by atoms with Crippen LogP contribution >= 0.6 is 24.0 Å². The van der Waals surface area contributed by atoms with Gasteiger partial charge in [0.25, 0.3) is 0 Å². The normalized spacial score (nSPS) is 23.4. The Morgan fingerprint density at radius 3 is 2.48 bits per heavy atom. The number of hydrogen-bond acceptors (Lipinski definition) is 4. The average molecular weight is 415 g/mol. The highest BCUT2D eigenvalue weighted by Gasteiger charge is 2.30. The second-order valence-corrected chi connectivity index (χ2v) is 7.67. The third kappa shape index (κ3) is 6.35. The topological polar surface area (TPSA) is 64.7 Å². The minimum Gasteiger partial charge on any atom is -0.340 e. The van der Waals surface area contributed by atoms with Gasteiger partial charge in [-0.05, 0) is 50.6 Å². The van der Waals surface area contributed by atoms with Crippen LogP contribution in [0.5, 0.6) is 0 Å². The molecule has 2 amide bonds. The maximum atomic E-state index is 12.7. The van der Waals surface area contributed by atoms with E-state index in [1.807, 2.05) is 4.90 Å². The standard InChI is InChI=1S/C19H27ClN4O2.ClH/c1-14-12-15(6-7-21-14)19(26)24-10-8-23(9-11-24)13-18(25)22-17-4-2-16(20)3-5-17;/h2-5,14-15,21H,6-13H2,1H3,(H,22,25);1H/t14-,15-;/m0./s1. The maximum absolute atomic E-state index is 12.7. The maximum Gasteiger partial charge on any atom is 0.238 e. The third-order valence-corrected chi connectivity index (χ3v) is 5.40. The molecule has 8 heteroatoms. The zero-order valence-corrected chi connectivity index (χ0v) is 17.2. The van der Waals surface area contributed by atoms with Gasteiger partial charge in [-0.3, -0.25) is 14.5 Å². The summed E-state index contributed by atoms with van der Waals surface area (Å²) >= 11 is 5.85. The van der Waals surface area contributed by atoms with Gasteiger partial charge in [0.1, 0.15) is 0 Å². The molecule has 2 fully saturated rings. The lowest BCUT2D eigenvalue weighted by atomic mass is 9.92. The number of piperidine rings is 1. The summed E-state index contributed by atoms with van der Waals surface area (Å²) in [6.45, 7) is 6.27. The molecule has 0 unspecified atom stereocenters. The van der Waals surface area contributed by atoms with Crippen molar-refractivity contribution in [2.45, 2.75) is 25.8 Å². The molecule has 1 aromatic carbocycles. The van der Waals surface area contributed by atoms with Gasteiger partial charge < -0.3 is 15.5 Å². The molecule has 2 N–H and O–H groups in total. The van der Waals surface area contributed by atoms with Gasteiger partial charge in [-0.25, -0.2) is 0 Å². The van der Waals surface area contributed by atoms with Crippen molar-refractivity contribution in [2.75, 3.05) is 44.6 Å². The lowest BCUT2D eigenvalue weighted by molar-refractivity contribution is -0.138. The number of carbonyl (C=O) groups is 2. The summed E-state index contributed by atoms with van der Waals surface area (Å²) in [6, 6.07) is 7.50. The number of rotatable bonds is 4. The molecule has 6 nitrogen and oxygen atoms in total. The molecule has 0 aromatic heterocycles. The zero-order chi connectivity index (χ0) is 18.5. The van der Waals surface area contributed by atoms with Gasteiger partial charge in [-0.2, -0.15) is 0 Å². The molecule has 0 spiro atoms. The SMILES string of the molecule is C[C@H]1C[C@@H](C(=O)N2CCN(CC(=O)Nc3ccc(Cl)cc3)CC2)CCN1.Cl. The molecule has 27 heavy (non-hydrogen) atoms. The molecule has 0 aliphatic carbocycles. The number of piperazine rings is 1. The van der Waals surface area contributed by atoms with E-state index in [9.17, 15) is 9.59 Å². The van der Waals surface area contributed by atoms with Crippen molar-refractivity contribution >= 4 is 41.5 Å². The number of benzene rings is 1. The van der Waals surface area contributed by atoms with Crippen LogP contribution in [0.2, 0.25) is 5.02 Å². The number of nitrogens with one attached hydrogen (secondary N) is 2. The van der Waals surface area contributed by atoms with Crippen LogP contribution in [0, 0.1) is 5.92 Å². The van der Waals surface area contributed by atoms with Crippen LogP contribution in [-0.4, -0.2) is 66.9 Å². The summed E-state index contributed by atoms with van der Waals surface area (Å²) in [6.07, 6.45) is 1.84. The summed E-state index contributed by atoms with van der Waals surface area (Å²) in [7, 11) is 0. The first-order valence-corrected chi connectivity index (χ1v) is 9.69. The Bertz CT molecular complexity index is 633. The Labute approximate surface area is 172 Å². The Morgan fingerprint density at radius 2 is 1.85 bits per heavy atom. The van der Waals surface area contributed by atoms with E-state index in [0.717, 1.165) is 38.2 Å². The fourth-order valence-corrected chi connectivity index (χ4v) is 3.80. The largest absolute Gasteiger partial charge is 0.340 e. The molecule has 3 rings (SSSR count). The van der Waals surface area contributed by atoms with E-state index >= 15 is 0 Å². The van der Waals surface area contributed by atoms with Crippen molar-refractivity contribution in [2.24, 2.45) is 5.92 Å². The summed E-state index contributed by atoms with van der Waals surface area (Å²) < 4.78 is 0. The number of nitrogens with zero attached hydrogens (tertiary/aromatic N) is 2. The van der Waals surface area contributed by atoms with E-state index in [1.165, 1.54) is 0 Å². The molecule has 2 aliphatic rings. The lowest BCUT2D eigenvalue weighted by Gasteiger charge is -2.37. The highest BCUT2D eigenvalue weighted by atomic mass is 35.5. The number of hydrogen-bond donors (Lipinski definition) is 2. The Morgan fingerprint density at radius 1 is 1.19 bits per heavy atom. The van der Waals surface area contributed by atoms with Gasteiger partial charge in [-0.1, -0.05) is 11.6 Å². The molecule has 0 radical (unpaired) electrons. The fourth-order valence-electron chi connectivity index (χ4n) is 3.68. The monoisotopic (exact) mass is 414 g/mol. The minimum atomic E-state index is -0.0423. The summed E-state index contributed by atoms with van der Waals surface area (Å²) in [5, 5.41) is 6.92. The molecule has 2 aliphatic heterocycles. The molecular weight excluding hydrogens is 387 g/mol. The van der Waals surface area contributed by atoms with Gasteiger partial charge >= 0.3 is 0 Å². The Kier molecular flexibility index (Phi) is 8.35. The number of carbonyl (C=O) groups excluding carboxylic acids is 2. The van der Waals surface area contributed by atoms with Crippen molar-refractivity contribution in [1.29, 1.82) is 0 Å². The van der Waals surface area contributed by atoms with Crippen LogP contribution in [0.1, 0.15) is 19.8 Å². The Hall–Kier alpha value is -1.34. The smallest absolute Gasteiger partial charge is 0.238 e. The van der Waals surface area contributed by atoms with Crippen LogP contribution in [-0.2, 0) is 9.59 Å². The first-order valence-electron chi connectivity index (χ1n) is 9.31. The van der Waals surface area contributed by atoms with Crippen molar-refractivity contribution in [3.63, 3.8) is 0 Å². The molecule has 0 saturated carbocycles. The zero-order valence-electron chi connectivity index (χ0n) is 15.6. The Balaban J connectivity index is 0.00000261. The molecule has 1 aromatic rings. The predicted molar refractivity (Wildman–Crippen MR) is 111 cm³/mol. The molecular formula is C19H28Cl2N4O2. The second kappa shape index (κ2) is 10.3. The number of amides is 2. The quantitative estimate of drug-likeness (QED) is 0.792. The van der Waals surface area contributed by atoms with Gasteiger partial charge in [0, 0.05) is 48.8 Å². The average Bonchev–Trinajstić information content (AvgIpc) is 2.64. The van der Waals surface area contributed by atoms with Crippen molar-refractivity contribution in [3.8, 4) is 0 Å². The van der Waals surface area contributed by atoms with E-state index < -0.39 is 0 Å². The lowest BCUT2D eigenvalue weighted by Crippen LogP contribution is -2.53. The molecule has 0 bridgehead atoms. The third-order valence-electron chi connectivity index (χ3n) is 5.15. The van der Waals surface area contributed by atoms with Crippen molar-refractivity contribution in [3.05, 3.63) is 29.3 Å². The highest BCUT2D eigenvalue weighted by molar-refractivity contribution is 6.30. The van der Waals surface area contributed by atoms with Crippen LogP contribution in [0.3, 0.4) is 0 Å². The van der Waals surface area contributed by atoms with Gasteiger partial charge in [0.15, 0.2) is 0 Å². The molecule has 2 heterocycles. The first kappa shape index (κ1) is 22.0. The van der Waals surface area contributed by atoms with Crippen LogP contribution in [0.4, 0.5) is 5.69 Å². The highest BCUT2D eigenvalue weighted by Crippen LogP contribution is 2.20. The van der Waals surface area contributed by atoms with Crippen LogP contribution in [0.25, 0.3) is 0 Å². The second-order valence-electron chi connectivity index (χ2n) is 7.23. The molecule has 2 atom stereocenters.